The fourth-order valence-electron chi connectivity index (χ4n) is 4.90. The molecule has 13 heteroatoms. The first-order valence-corrected chi connectivity index (χ1v) is 11.2. The van der Waals surface area contributed by atoms with Crippen LogP contribution in [0.25, 0.3) is 11.1 Å². The monoisotopic (exact) mass is 530 g/mol. The Bertz CT molecular complexity index is 1190. The highest BCUT2D eigenvalue weighted by molar-refractivity contribution is 5.76. The maximum absolute atomic E-state index is 12.6. The van der Waals surface area contributed by atoms with Crippen LogP contribution in [0.15, 0.2) is 47.5 Å². The summed E-state index contributed by atoms with van der Waals surface area (Å²) in [6.45, 7) is -2.61. The molecule has 1 aliphatic carbocycles. The van der Waals surface area contributed by atoms with Crippen molar-refractivity contribution in [1.82, 2.24) is 0 Å². The van der Waals surface area contributed by atoms with E-state index < -0.39 is 30.4 Å². The van der Waals surface area contributed by atoms with Crippen molar-refractivity contribution in [3.63, 3.8) is 0 Å². The second-order valence-corrected chi connectivity index (χ2v) is 8.81. The minimum Gasteiger partial charge on any atom is -0.490 e. The van der Waals surface area contributed by atoms with Crippen molar-refractivity contribution in [2.75, 3.05) is 6.61 Å². The summed E-state index contributed by atoms with van der Waals surface area (Å²) in [5, 5.41) is 17.4. The predicted octanol–water partition coefficient (Wildman–Crippen LogP) is 4.05. The zero-order valence-corrected chi connectivity index (χ0v) is 19.1. The average molecular weight is 530 g/mol. The smallest absolute Gasteiger partial charge is 0.490 e. The lowest BCUT2D eigenvalue weighted by atomic mass is 9.67. The van der Waals surface area contributed by atoms with Gasteiger partial charge in [-0.15, -0.1) is 0 Å². The molecule has 2 aliphatic heterocycles. The molecule has 200 valence electrons. The minimum absolute atomic E-state index is 0.0708. The van der Waals surface area contributed by atoms with Crippen molar-refractivity contribution < 1.29 is 51.2 Å². The topological polar surface area (TPSA) is 124 Å². The molecule has 4 atom stereocenters. The van der Waals surface area contributed by atoms with Crippen LogP contribution in [-0.4, -0.2) is 53.8 Å². The van der Waals surface area contributed by atoms with E-state index in [1.54, 1.807) is 12.1 Å². The molecule has 0 bridgehead atoms. The lowest BCUT2D eigenvalue weighted by Gasteiger charge is -2.47. The summed E-state index contributed by atoms with van der Waals surface area (Å²) >= 11 is 0. The van der Waals surface area contributed by atoms with Crippen LogP contribution in [0, 0.1) is 5.92 Å². The number of carboxylic acids is 1. The summed E-state index contributed by atoms with van der Waals surface area (Å²) in [6, 6.07) is 12.4. The fourth-order valence-corrected chi connectivity index (χ4v) is 4.90. The lowest BCUT2D eigenvalue weighted by Crippen LogP contribution is -2.51. The largest absolute Gasteiger partial charge is 0.490 e. The summed E-state index contributed by atoms with van der Waals surface area (Å²) in [4.78, 5) is 13.6. The Kier molecular flexibility index (Phi) is 7.18. The number of alkyl halides is 5. The first-order chi connectivity index (χ1) is 17.4. The van der Waals surface area contributed by atoms with E-state index in [-0.39, 0.29) is 30.4 Å². The molecular formula is C24H23F5N2O6. The van der Waals surface area contributed by atoms with Crippen LogP contribution >= 0.6 is 0 Å². The fraction of sp³-hybridized carbons (Fsp3) is 0.417. The minimum atomic E-state index is -5.08. The van der Waals surface area contributed by atoms with Gasteiger partial charge in [-0.05, 0) is 54.7 Å². The predicted molar refractivity (Wildman–Crippen MR) is 119 cm³/mol. The number of aliphatic carboxylic acids is 1. The lowest BCUT2D eigenvalue weighted by molar-refractivity contribution is -0.192. The average Bonchev–Trinajstić information content (AvgIpc) is 3.21. The van der Waals surface area contributed by atoms with Crippen LogP contribution < -0.4 is 15.2 Å². The Morgan fingerprint density at radius 3 is 2.49 bits per heavy atom. The van der Waals surface area contributed by atoms with Crippen LogP contribution in [0.3, 0.4) is 0 Å². The van der Waals surface area contributed by atoms with E-state index >= 15 is 0 Å². The molecule has 2 heterocycles. The van der Waals surface area contributed by atoms with Gasteiger partial charge in [0.15, 0.2) is 0 Å². The van der Waals surface area contributed by atoms with Crippen molar-refractivity contribution in [2.45, 2.75) is 49.8 Å². The molecule has 1 saturated carbocycles. The zero-order valence-electron chi connectivity index (χ0n) is 19.1. The standard InChI is InChI=1S/C22H22F2N2O4.C2HF3O2/c23-20(24)29-15-3-1-2-12(8-15)13-4-6-18-16(9-13)22(11-28-21(25)26-22)17-10-14(27)5-7-19(17)30-18;3-2(4,5)1(6)7/h1-4,6,8-9,14,17,19-20,27H,5,7,10-11H2,(H2,25,26);(H,6,7)/t14-,17-,19-,22?;/m0./s1. The van der Waals surface area contributed by atoms with Crippen molar-refractivity contribution in [2.24, 2.45) is 16.6 Å². The number of aliphatic imine (C=N–C) groups is 1. The van der Waals surface area contributed by atoms with Gasteiger partial charge >= 0.3 is 18.8 Å². The number of rotatable bonds is 3. The van der Waals surface area contributed by atoms with Crippen LogP contribution in [-0.2, 0) is 15.1 Å². The normalized spacial score (nSPS) is 26.1. The zero-order chi connectivity index (χ0) is 27.0. The first kappa shape index (κ1) is 26.5. The van der Waals surface area contributed by atoms with Crippen molar-refractivity contribution in [1.29, 1.82) is 0 Å². The molecule has 1 fully saturated rings. The molecule has 1 spiro atoms. The summed E-state index contributed by atoms with van der Waals surface area (Å²) in [6.07, 6.45) is -3.62. The Morgan fingerprint density at radius 1 is 1.16 bits per heavy atom. The van der Waals surface area contributed by atoms with Gasteiger partial charge in [0.2, 0.25) is 0 Å². The molecule has 37 heavy (non-hydrogen) atoms. The second kappa shape index (κ2) is 10.0. The van der Waals surface area contributed by atoms with E-state index in [1.807, 2.05) is 24.3 Å². The number of nitrogens with two attached hydrogens (primary N) is 1. The van der Waals surface area contributed by atoms with E-state index in [1.165, 1.54) is 6.07 Å². The highest BCUT2D eigenvalue weighted by Gasteiger charge is 2.55. The van der Waals surface area contributed by atoms with E-state index in [9.17, 15) is 27.1 Å². The summed E-state index contributed by atoms with van der Waals surface area (Å²) < 4.78 is 73.3. The molecule has 8 nitrogen and oxygen atoms in total. The highest BCUT2D eigenvalue weighted by atomic mass is 19.4. The quantitative estimate of drug-likeness (QED) is 0.512. The maximum atomic E-state index is 12.6. The number of aliphatic hydroxyl groups is 1. The number of amidine groups is 1. The third-order valence-corrected chi connectivity index (χ3v) is 6.48. The Hall–Kier alpha value is -3.61. The van der Waals surface area contributed by atoms with Gasteiger partial charge in [0, 0.05) is 11.5 Å². The van der Waals surface area contributed by atoms with Crippen molar-refractivity contribution in [3.8, 4) is 22.6 Å². The summed E-state index contributed by atoms with van der Waals surface area (Å²) in [7, 11) is 0. The van der Waals surface area contributed by atoms with Gasteiger partial charge in [-0.2, -0.15) is 22.0 Å². The van der Waals surface area contributed by atoms with Crippen molar-refractivity contribution in [3.05, 3.63) is 48.0 Å². The number of nitrogens with zero attached hydrogens (tertiary/aromatic N) is 1. The molecule has 4 N–H and O–H groups in total. The number of hydrogen-bond acceptors (Lipinski definition) is 7. The van der Waals surface area contributed by atoms with Crippen LogP contribution in [0.2, 0.25) is 0 Å². The number of carboxylic acid groups (broad SMARTS) is 1. The van der Waals surface area contributed by atoms with E-state index in [0.717, 1.165) is 23.1 Å². The number of fused-ring (bicyclic) bond motifs is 4. The molecule has 0 radical (unpaired) electrons. The van der Waals surface area contributed by atoms with E-state index in [0.29, 0.717) is 18.6 Å². The number of carbonyl (C=O) groups is 1. The number of hydrogen-bond donors (Lipinski definition) is 3. The number of benzene rings is 2. The maximum Gasteiger partial charge on any atom is 0.490 e. The van der Waals surface area contributed by atoms with Gasteiger partial charge < -0.3 is 30.2 Å². The molecule has 5 rings (SSSR count). The molecule has 1 unspecified atom stereocenters. The first-order valence-electron chi connectivity index (χ1n) is 11.2. The summed E-state index contributed by atoms with van der Waals surface area (Å²) in [5.41, 5.74) is 7.54. The highest BCUT2D eigenvalue weighted by Crippen LogP contribution is 2.53. The van der Waals surface area contributed by atoms with Gasteiger partial charge in [-0.1, -0.05) is 18.2 Å². The molecular weight excluding hydrogens is 507 g/mol. The molecule has 0 amide bonds. The molecule has 0 saturated heterocycles. The third kappa shape index (κ3) is 5.55. The number of ether oxygens (including phenoxy) is 3. The Balaban J connectivity index is 0.000000405. The van der Waals surface area contributed by atoms with Crippen LogP contribution in [0.1, 0.15) is 24.8 Å². The Labute approximate surface area is 207 Å². The van der Waals surface area contributed by atoms with Gasteiger partial charge in [0.05, 0.1) is 6.10 Å². The molecule has 0 aromatic heterocycles. The van der Waals surface area contributed by atoms with Gasteiger partial charge in [0.25, 0.3) is 6.02 Å². The Morgan fingerprint density at radius 2 is 1.86 bits per heavy atom. The van der Waals surface area contributed by atoms with E-state index in [4.69, 9.17) is 25.1 Å². The molecule has 2 aromatic rings. The molecule has 3 aliphatic rings. The number of aliphatic hydroxyl groups excluding tert-OH is 1. The number of halogens is 5. The molecule has 2 aromatic carbocycles. The summed E-state index contributed by atoms with van der Waals surface area (Å²) in [5.74, 6) is -2.03. The SMILES string of the molecule is NC1=NC2(CO1)c1cc(-c3cccc(OC(F)F)c3)ccc1O[C@H]1CC[C@H](O)C[C@@H]12.O=C(O)C(F)(F)F. The second-order valence-electron chi connectivity index (χ2n) is 8.81. The van der Waals surface area contributed by atoms with Crippen LogP contribution in [0.5, 0.6) is 11.5 Å². The van der Waals surface area contributed by atoms with Gasteiger partial charge in [-0.25, -0.2) is 9.79 Å². The third-order valence-electron chi connectivity index (χ3n) is 6.48. The van der Waals surface area contributed by atoms with Gasteiger partial charge in [-0.3, -0.25) is 0 Å². The van der Waals surface area contributed by atoms with Crippen molar-refractivity contribution >= 4 is 12.0 Å². The van der Waals surface area contributed by atoms with E-state index in [2.05, 4.69) is 9.73 Å². The van der Waals surface area contributed by atoms with Crippen LogP contribution in [0.4, 0.5) is 22.0 Å². The van der Waals surface area contributed by atoms with Gasteiger partial charge in [0.1, 0.15) is 29.7 Å².